The Balaban J connectivity index is 1.72. The molecule has 1 heterocycles. The topological polar surface area (TPSA) is 59.5 Å². The van der Waals surface area contributed by atoms with Crippen LogP contribution in [0.3, 0.4) is 0 Å². The average Bonchev–Trinajstić information content (AvgIpc) is 2.70. The Morgan fingerprint density at radius 3 is 2.46 bits per heavy atom. The third-order valence-electron chi connectivity index (χ3n) is 4.31. The lowest BCUT2D eigenvalue weighted by Gasteiger charge is -2.17. The van der Waals surface area contributed by atoms with Crippen LogP contribution in [0.2, 0.25) is 0 Å². The number of carbonyl (C=O) groups excluding carboxylic acids is 2. The average molecular weight is 348 g/mol. The van der Waals surface area contributed by atoms with Crippen molar-refractivity contribution in [2.75, 3.05) is 20.7 Å². The molecule has 0 radical (unpaired) electrons. The quantitative estimate of drug-likeness (QED) is 0.664. The van der Waals surface area contributed by atoms with E-state index >= 15 is 0 Å². The molecule has 3 rings (SSSR count). The maximum Gasteiger partial charge on any atom is 0.356 e. The zero-order valence-corrected chi connectivity index (χ0v) is 14.8. The van der Waals surface area contributed by atoms with Crippen LogP contribution >= 0.6 is 0 Å². The van der Waals surface area contributed by atoms with E-state index in [1.54, 1.807) is 24.1 Å². The van der Waals surface area contributed by atoms with E-state index < -0.39 is 5.97 Å². The third kappa shape index (κ3) is 3.72. The number of pyridine rings is 1. The second kappa shape index (κ2) is 7.78. The highest BCUT2D eigenvalue weighted by Crippen LogP contribution is 2.19. The number of nitrogens with zero attached hydrogens (tertiary/aromatic N) is 2. The SMILES string of the molecule is COC(=O)c1cccc(C(=O)N(C)CCc2cccc3ccccc23)n1. The standard InChI is InChI=1S/C21H20N2O3/c1-23(20(24)18-11-6-12-19(22-18)21(25)26-2)14-13-16-9-5-8-15-7-3-4-10-17(15)16/h3-12H,13-14H2,1-2H3. The Labute approximate surface area is 152 Å². The highest BCUT2D eigenvalue weighted by atomic mass is 16.5. The van der Waals surface area contributed by atoms with E-state index in [-0.39, 0.29) is 17.3 Å². The van der Waals surface area contributed by atoms with Crippen LogP contribution in [0.25, 0.3) is 10.8 Å². The van der Waals surface area contributed by atoms with Crippen LogP contribution in [0, 0.1) is 0 Å². The van der Waals surface area contributed by atoms with Crippen molar-refractivity contribution >= 4 is 22.6 Å². The smallest absolute Gasteiger partial charge is 0.356 e. The van der Waals surface area contributed by atoms with Crippen molar-refractivity contribution in [2.45, 2.75) is 6.42 Å². The Morgan fingerprint density at radius 2 is 1.65 bits per heavy atom. The zero-order valence-electron chi connectivity index (χ0n) is 14.8. The lowest BCUT2D eigenvalue weighted by molar-refractivity contribution is 0.0593. The van der Waals surface area contributed by atoms with Crippen molar-refractivity contribution in [3.05, 3.63) is 77.6 Å². The summed E-state index contributed by atoms with van der Waals surface area (Å²) in [6.45, 7) is 0.553. The number of fused-ring (bicyclic) bond motifs is 1. The van der Waals surface area contributed by atoms with Crippen molar-refractivity contribution in [1.82, 2.24) is 9.88 Å². The van der Waals surface area contributed by atoms with Crippen LogP contribution < -0.4 is 0 Å². The van der Waals surface area contributed by atoms with Gasteiger partial charge in [-0.05, 0) is 34.9 Å². The minimum absolute atomic E-state index is 0.126. The van der Waals surface area contributed by atoms with Crippen LogP contribution in [0.15, 0.2) is 60.7 Å². The third-order valence-corrected chi connectivity index (χ3v) is 4.31. The number of aromatic nitrogens is 1. The van der Waals surface area contributed by atoms with E-state index in [2.05, 4.69) is 34.0 Å². The van der Waals surface area contributed by atoms with Crippen molar-refractivity contribution in [2.24, 2.45) is 0 Å². The molecule has 0 bridgehead atoms. The molecule has 0 aliphatic rings. The second-order valence-electron chi connectivity index (χ2n) is 6.01. The second-order valence-corrected chi connectivity index (χ2v) is 6.01. The molecule has 5 nitrogen and oxygen atoms in total. The van der Waals surface area contributed by atoms with Gasteiger partial charge < -0.3 is 9.64 Å². The molecule has 0 unspecified atom stereocenters. The Bertz CT molecular complexity index is 947. The number of esters is 1. The molecule has 0 fully saturated rings. The molecule has 2 aromatic carbocycles. The number of amides is 1. The number of carbonyl (C=O) groups is 2. The van der Waals surface area contributed by atoms with Crippen molar-refractivity contribution < 1.29 is 14.3 Å². The molecule has 0 saturated carbocycles. The molecule has 1 aromatic heterocycles. The number of benzene rings is 2. The largest absolute Gasteiger partial charge is 0.464 e. The molecule has 5 heteroatoms. The molecule has 0 aliphatic carbocycles. The van der Waals surface area contributed by atoms with Gasteiger partial charge in [-0.25, -0.2) is 9.78 Å². The number of rotatable bonds is 5. The lowest BCUT2D eigenvalue weighted by atomic mass is 10.0. The molecule has 132 valence electrons. The van der Waals surface area contributed by atoms with Crippen LogP contribution in [0.4, 0.5) is 0 Å². The Hall–Kier alpha value is -3.21. The number of ether oxygens (including phenoxy) is 1. The van der Waals surface area contributed by atoms with E-state index in [0.29, 0.717) is 6.54 Å². The molecule has 26 heavy (non-hydrogen) atoms. The first-order valence-electron chi connectivity index (χ1n) is 8.37. The molecule has 0 spiro atoms. The summed E-state index contributed by atoms with van der Waals surface area (Å²) >= 11 is 0. The summed E-state index contributed by atoms with van der Waals surface area (Å²) in [6, 6.07) is 19.1. The fourth-order valence-corrected chi connectivity index (χ4v) is 2.87. The first-order valence-corrected chi connectivity index (χ1v) is 8.37. The summed E-state index contributed by atoms with van der Waals surface area (Å²) in [4.78, 5) is 29.9. The van der Waals surface area contributed by atoms with Crippen molar-refractivity contribution in [1.29, 1.82) is 0 Å². The minimum atomic E-state index is -0.557. The summed E-state index contributed by atoms with van der Waals surface area (Å²) in [5.41, 5.74) is 1.55. The Morgan fingerprint density at radius 1 is 0.962 bits per heavy atom. The first kappa shape index (κ1) is 17.6. The summed E-state index contributed by atoms with van der Waals surface area (Å²) in [5, 5.41) is 2.38. The summed E-state index contributed by atoms with van der Waals surface area (Å²) in [6.07, 6.45) is 0.736. The number of likely N-dealkylation sites (N-methyl/N-ethyl adjacent to an activating group) is 1. The molecule has 0 aliphatic heterocycles. The van der Waals surface area contributed by atoms with Gasteiger partial charge in [-0.2, -0.15) is 0 Å². The molecule has 0 N–H and O–H groups in total. The van der Waals surface area contributed by atoms with E-state index in [1.807, 2.05) is 18.2 Å². The van der Waals surface area contributed by atoms with Gasteiger partial charge in [-0.1, -0.05) is 48.5 Å². The fourth-order valence-electron chi connectivity index (χ4n) is 2.87. The summed E-state index contributed by atoms with van der Waals surface area (Å²) in [7, 11) is 3.02. The maximum absolute atomic E-state index is 12.6. The van der Waals surface area contributed by atoms with Gasteiger partial charge in [0.15, 0.2) is 0 Å². The number of hydrogen-bond acceptors (Lipinski definition) is 4. The summed E-state index contributed by atoms with van der Waals surface area (Å²) < 4.78 is 4.65. The van der Waals surface area contributed by atoms with Gasteiger partial charge in [0.2, 0.25) is 0 Å². The molecule has 1 amide bonds. The Kier molecular flexibility index (Phi) is 5.27. The highest BCUT2D eigenvalue weighted by molar-refractivity contribution is 5.94. The van der Waals surface area contributed by atoms with Crippen molar-refractivity contribution in [3.8, 4) is 0 Å². The van der Waals surface area contributed by atoms with Crippen LogP contribution in [0.5, 0.6) is 0 Å². The van der Waals surface area contributed by atoms with E-state index in [1.165, 1.54) is 29.5 Å². The van der Waals surface area contributed by atoms with Gasteiger partial charge in [-0.15, -0.1) is 0 Å². The monoisotopic (exact) mass is 348 g/mol. The summed E-state index contributed by atoms with van der Waals surface area (Å²) in [5.74, 6) is -0.783. The van der Waals surface area contributed by atoms with Crippen LogP contribution in [-0.4, -0.2) is 42.5 Å². The van der Waals surface area contributed by atoms with Gasteiger partial charge in [0.25, 0.3) is 5.91 Å². The van der Waals surface area contributed by atoms with E-state index in [4.69, 9.17) is 0 Å². The highest BCUT2D eigenvalue weighted by Gasteiger charge is 2.16. The van der Waals surface area contributed by atoms with Gasteiger partial charge in [0.05, 0.1) is 7.11 Å². The predicted octanol–water partition coefficient (Wildman–Crippen LogP) is 3.34. The molecule has 0 atom stereocenters. The number of methoxy groups -OCH3 is 1. The number of hydrogen-bond donors (Lipinski definition) is 0. The van der Waals surface area contributed by atoms with Gasteiger partial charge in [0.1, 0.15) is 11.4 Å². The van der Waals surface area contributed by atoms with E-state index in [9.17, 15) is 9.59 Å². The first-order chi connectivity index (χ1) is 12.6. The van der Waals surface area contributed by atoms with Crippen LogP contribution in [0.1, 0.15) is 26.5 Å². The molecule has 3 aromatic rings. The van der Waals surface area contributed by atoms with Crippen LogP contribution in [-0.2, 0) is 11.2 Å². The van der Waals surface area contributed by atoms with Crippen molar-refractivity contribution in [3.63, 3.8) is 0 Å². The van der Waals surface area contributed by atoms with Gasteiger partial charge in [-0.3, -0.25) is 4.79 Å². The normalized spacial score (nSPS) is 10.5. The van der Waals surface area contributed by atoms with Gasteiger partial charge in [0, 0.05) is 13.6 Å². The predicted molar refractivity (Wildman–Crippen MR) is 100 cm³/mol. The molecular formula is C21H20N2O3. The molecule has 0 saturated heterocycles. The minimum Gasteiger partial charge on any atom is -0.464 e. The lowest BCUT2D eigenvalue weighted by Crippen LogP contribution is -2.30. The fraction of sp³-hybridized carbons (Fsp3) is 0.190. The van der Waals surface area contributed by atoms with E-state index in [0.717, 1.165) is 6.42 Å². The molecular weight excluding hydrogens is 328 g/mol. The maximum atomic E-state index is 12.6. The van der Waals surface area contributed by atoms with Gasteiger partial charge >= 0.3 is 5.97 Å². The zero-order chi connectivity index (χ0) is 18.5.